The molecule has 1 aliphatic heterocycles. The highest BCUT2D eigenvalue weighted by atomic mass is 16.5. The predicted molar refractivity (Wildman–Crippen MR) is 111 cm³/mol. The van der Waals surface area contributed by atoms with Crippen LogP contribution in [0.2, 0.25) is 0 Å². The van der Waals surface area contributed by atoms with Crippen LogP contribution in [0, 0.1) is 5.92 Å². The van der Waals surface area contributed by atoms with E-state index in [2.05, 4.69) is 4.90 Å². The molecule has 29 heavy (non-hydrogen) atoms. The molecule has 1 aromatic heterocycles. The van der Waals surface area contributed by atoms with Crippen LogP contribution >= 0.6 is 0 Å². The highest BCUT2D eigenvalue weighted by Crippen LogP contribution is 2.31. The van der Waals surface area contributed by atoms with Crippen LogP contribution in [0.5, 0.6) is 5.75 Å². The van der Waals surface area contributed by atoms with E-state index in [1.807, 2.05) is 49.4 Å². The fraction of sp³-hybridized carbons (Fsp3) is 0.435. The smallest absolute Gasteiger partial charge is 0.309 e. The van der Waals surface area contributed by atoms with E-state index in [4.69, 9.17) is 13.9 Å². The highest BCUT2D eigenvalue weighted by molar-refractivity contribution is 6.05. The van der Waals surface area contributed by atoms with Gasteiger partial charge in [-0.25, -0.2) is 0 Å². The molecule has 0 spiro atoms. The Balaban J connectivity index is 1.29. The van der Waals surface area contributed by atoms with Crippen molar-refractivity contribution < 1.29 is 23.8 Å². The van der Waals surface area contributed by atoms with E-state index in [0.29, 0.717) is 18.9 Å². The molecule has 0 unspecified atom stereocenters. The number of furan rings is 1. The molecule has 6 heteroatoms. The van der Waals surface area contributed by atoms with Crippen LogP contribution < -0.4 is 4.74 Å². The van der Waals surface area contributed by atoms with Gasteiger partial charge in [0.25, 0.3) is 0 Å². The third-order valence-electron chi connectivity index (χ3n) is 5.47. The summed E-state index contributed by atoms with van der Waals surface area (Å²) in [4.78, 5) is 14.0. The van der Waals surface area contributed by atoms with Gasteiger partial charge in [-0.1, -0.05) is 18.2 Å². The number of carbonyl (C=O) groups is 1. The monoisotopic (exact) mass is 397 g/mol. The molecule has 1 fully saturated rings. The Hall–Kier alpha value is -2.57. The molecule has 1 N–H and O–H groups in total. The van der Waals surface area contributed by atoms with Crippen LogP contribution in [0.3, 0.4) is 0 Å². The van der Waals surface area contributed by atoms with Crippen molar-refractivity contribution in [1.29, 1.82) is 0 Å². The second-order valence-corrected chi connectivity index (χ2v) is 7.55. The van der Waals surface area contributed by atoms with Crippen LogP contribution in [0.15, 0.2) is 46.9 Å². The largest absolute Gasteiger partial charge is 0.491 e. The molecule has 3 aromatic rings. The van der Waals surface area contributed by atoms with E-state index in [0.717, 1.165) is 47.9 Å². The second-order valence-electron chi connectivity index (χ2n) is 7.55. The Morgan fingerprint density at radius 3 is 2.72 bits per heavy atom. The zero-order chi connectivity index (χ0) is 20.2. The van der Waals surface area contributed by atoms with Crippen molar-refractivity contribution in [2.24, 2.45) is 5.92 Å². The van der Waals surface area contributed by atoms with Crippen molar-refractivity contribution in [3.8, 4) is 5.75 Å². The number of esters is 1. The SMILES string of the molecule is CCOC(=O)C1CCN(C[C@H](O)COc2ccc3oc4ccccc4c3c2)CC1. The average molecular weight is 397 g/mol. The van der Waals surface area contributed by atoms with Crippen molar-refractivity contribution in [1.82, 2.24) is 4.90 Å². The highest BCUT2D eigenvalue weighted by Gasteiger charge is 2.26. The van der Waals surface area contributed by atoms with E-state index in [-0.39, 0.29) is 18.5 Å². The van der Waals surface area contributed by atoms with Gasteiger partial charge in [0.2, 0.25) is 0 Å². The lowest BCUT2D eigenvalue weighted by atomic mass is 9.97. The van der Waals surface area contributed by atoms with Crippen molar-refractivity contribution in [2.45, 2.75) is 25.9 Å². The molecule has 0 aliphatic carbocycles. The van der Waals surface area contributed by atoms with Gasteiger partial charge in [0.05, 0.1) is 12.5 Å². The molecule has 154 valence electrons. The number of hydrogen-bond acceptors (Lipinski definition) is 6. The number of fused-ring (bicyclic) bond motifs is 3. The number of aliphatic hydroxyl groups excluding tert-OH is 1. The van der Waals surface area contributed by atoms with Crippen LogP contribution in [0.1, 0.15) is 19.8 Å². The van der Waals surface area contributed by atoms with E-state index in [1.165, 1.54) is 0 Å². The number of ether oxygens (including phenoxy) is 2. The zero-order valence-electron chi connectivity index (χ0n) is 16.7. The van der Waals surface area contributed by atoms with Gasteiger partial charge in [-0.2, -0.15) is 0 Å². The molecule has 6 nitrogen and oxygen atoms in total. The number of β-amino-alcohol motifs (C(OH)–C–C–N with tert-alkyl or cyclic N) is 1. The van der Waals surface area contributed by atoms with Gasteiger partial charge >= 0.3 is 5.97 Å². The summed E-state index contributed by atoms with van der Waals surface area (Å²) in [6.07, 6.45) is 0.957. The van der Waals surface area contributed by atoms with Gasteiger partial charge < -0.3 is 23.9 Å². The summed E-state index contributed by atoms with van der Waals surface area (Å²) >= 11 is 0. The molecule has 0 radical (unpaired) electrons. The Bertz CT molecular complexity index is 974. The maximum Gasteiger partial charge on any atom is 0.309 e. The van der Waals surface area contributed by atoms with Crippen LogP contribution in [-0.4, -0.2) is 54.9 Å². The summed E-state index contributed by atoms with van der Waals surface area (Å²) in [5.74, 6) is 0.596. The number of carbonyl (C=O) groups excluding carboxylic acids is 1. The molecular formula is C23H27NO5. The van der Waals surface area contributed by atoms with Crippen molar-refractivity contribution in [3.63, 3.8) is 0 Å². The Kier molecular flexibility index (Phi) is 6.02. The van der Waals surface area contributed by atoms with E-state index >= 15 is 0 Å². The first-order valence-electron chi connectivity index (χ1n) is 10.2. The van der Waals surface area contributed by atoms with Gasteiger partial charge in [0.15, 0.2) is 0 Å². The summed E-state index contributed by atoms with van der Waals surface area (Å²) in [5.41, 5.74) is 1.68. The van der Waals surface area contributed by atoms with E-state index in [9.17, 15) is 9.90 Å². The minimum atomic E-state index is -0.592. The number of para-hydroxylation sites is 1. The summed E-state index contributed by atoms with van der Waals surface area (Å²) in [6, 6.07) is 13.6. The van der Waals surface area contributed by atoms with Crippen LogP contribution in [0.4, 0.5) is 0 Å². The second kappa shape index (κ2) is 8.84. The number of likely N-dealkylation sites (tertiary alicyclic amines) is 1. The third-order valence-corrected chi connectivity index (χ3v) is 5.47. The zero-order valence-corrected chi connectivity index (χ0v) is 16.7. The normalized spacial score (nSPS) is 16.9. The quantitative estimate of drug-likeness (QED) is 0.614. The molecule has 4 rings (SSSR count). The number of aliphatic hydroxyl groups is 1. The average Bonchev–Trinajstić information content (AvgIpc) is 3.11. The Morgan fingerprint density at radius 1 is 1.17 bits per heavy atom. The third kappa shape index (κ3) is 4.54. The number of rotatable bonds is 7. The van der Waals surface area contributed by atoms with E-state index in [1.54, 1.807) is 0 Å². The molecule has 2 aromatic carbocycles. The molecule has 0 saturated carbocycles. The van der Waals surface area contributed by atoms with Crippen molar-refractivity contribution >= 4 is 27.9 Å². The summed E-state index contributed by atoms with van der Waals surface area (Å²) in [7, 11) is 0. The first-order chi connectivity index (χ1) is 14.1. The fourth-order valence-electron chi connectivity index (χ4n) is 3.95. The summed E-state index contributed by atoms with van der Waals surface area (Å²) in [6.45, 7) is 4.58. The van der Waals surface area contributed by atoms with Gasteiger partial charge in [0, 0.05) is 17.3 Å². The number of nitrogens with zero attached hydrogens (tertiary/aromatic N) is 1. The van der Waals surface area contributed by atoms with Gasteiger partial charge in [0.1, 0.15) is 29.6 Å². The predicted octanol–water partition coefficient (Wildman–Crippen LogP) is 3.60. The van der Waals surface area contributed by atoms with Crippen LogP contribution in [0.25, 0.3) is 21.9 Å². The van der Waals surface area contributed by atoms with E-state index < -0.39 is 6.10 Å². The lowest BCUT2D eigenvalue weighted by Crippen LogP contribution is -2.42. The lowest BCUT2D eigenvalue weighted by Gasteiger charge is -2.32. The fourth-order valence-corrected chi connectivity index (χ4v) is 3.95. The Labute approximate surface area is 170 Å². The molecule has 1 aliphatic rings. The molecular weight excluding hydrogens is 370 g/mol. The molecule has 1 atom stereocenters. The minimum Gasteiger partial charge on any atom is -0.491 e. The van der Waals surface area contributed by atoms with Crippen molar-refractivity contribution in [2.75, 3.05) is 32.8 Å². The molecule has 2 heterocycles. The molecule has 0 amide bonds. The maximum atomic E-state index is 11.8. The summed E-state index contributed by atoms with van der Waals surface area (Å²) < 4.78 is 16.8. The topological polar surface area (TPSA) is 72.1 Å². The summed E-state index contributed by atoms with van der Waals surface area (Å²) in [5, 5.41) is 12.5. The van der Waals surface area contributed by atoms with Gasteiger partial charge in [-0.05, 0) is 57.1 Å². The Morgan fingerprint density at radius 2 is 1.93 bits per heavy atom. The minimum absolute atomic E-state index is 0.0175. The lowest BCUT2D eigenvalue weighted by molar-refractivity contribution is -0.149. The first-order valence-corrected chi connectivity index (χ1v) is 10.2. The maximum absolute atomic E-state index is 11.8. The van der Waals surface area contributed by atoms with Crippen LogP contribution in [-0.2, 0) is 9.53 Å². The van der Waals surface area contributed by atoms with Crippen molar-refractivity contribution in [3.05, 3.63) is 42.5 Å². The van der Waals surface area contributed by atoms with Gasteiger partial charge in [-0.3, -0.25) is 4.79 Å². The number of hydrogen-bond donors (Lipinski definition) is 1. The molecule has 1 saturated heterocycles. The standard InChI is InChI=1S/C23H27NO5/c1-2-27-23(26)16-9-11-24(12-10-16)14-17(25)15-28-18-7-8-22-20(13-18)19-5-3-4-6-21(19)29-22/h3-8,13,16-17,25H,2,9-12,14-15H2,1H3/t17-/m0/s1. The molecule has 0 bridgehead atoms. The van der Waals surface area contributed by atoms with Gasteiger partial charge in [-0.15, -0.1) is 0 Å². The number of piperidine rings is 1. The number of benzene rings is 2. The first kappa shape index (κ1) is 19.7.